The van der Waals surface area contributed by atoms with Crippen molar-refractivity contribution in [3.05, 3.63) is 0 Å². The zero-order valence-electron chi connectivity index (χ0n) is 10.8. The van der Waals surface area contributed by atoms with Crippen molar-refractivity contribution < 1.29 is 9.53 Å². The highest BCUT2D eigenvalue weighted by Gasteiger charge is 2.38. The molecule has 2 heterocycles. The Morgan fingerprint density at radius 1 is 1.59 bits per heavy atom. The predicted octanol–water partition coefficient (Wildman–Crippen LogP) is 1.06. The molecule has 98 valence electrons. The molecule has 2 rings (SSSR count). The van der Waals surface area contributed by atoms with Gasteiger partial charge in [0.25, 0.3) is 0 Å². The molecular formula is C13H24N2O2. The smallest absolute Gasteiger partial charge is 0.240 e. The summed E-state index contributed by atoms with van der Waals surface area (Å²) in [6.07, 6.45) is 5.16. The molecule has 0 saturated carbocycles. The summed E-state index contributed by atoms with van der Waals surface area (Å²) in [5.74, 6) is 0.834. The van der Waals surface area contributed by atoms with E-state index in [9.17, 15) is 4.79 Å². The minimum Gasteiger partial charge on any atom is -0.381 e. The van der Waals surface area contributed by atoms with Crippen LogP contribution in [0.1, 0.15) is 39.0 Å². The summed E-state index contributed by atoms with van der Waals surface area (Å²) in [6, 6.07) is 0. The fourth-order valence-electron chi connectivity index (χ4n) is 2.83. The summed E-state index contributed by atoms with van der Waals surface area (Å²) in [7, 11) is 0. The monoisotopic (exact) mass is 240 g/mol. The number of carbonyl (C=O) groups is 1. The molecule has 17 heavy (non-hydrogen) atoms. The summed E-state index contributed by atoms with van der Waals surface area (Å²) in [6.45, 7) is 5.60. The van der Waals surface area contributed by atoms with E-state index in [1.165, 1.54) is 0 Å². The van der Waals surface area contributed by atoms with Gasteiger partial charge in [-0.25, -0.2) is 0 Å². The quantitative estimate of drug-likeness (QED) is 0.755. The van der Waals surface area contributed by atoms with Gasteiger partial charge in [0.1, 0.15) is 0 Å². The molecule has 0 bridgehead atoms. The number of ether oxygens (including phenoxy) is 1. The van der Waals surface area contributed by atoms with Crippen molar-refractivity contribution in [1.29, 1.82) is 0 Å². The van der Waals surface area contributed by atoms with Crippen molar-refractivity contribution >= 4 is 5.91 Å². The van der Waals surface area contributed by atoms with Crippen LogP contribution in [-0.4, -0.2) is 37.7 Å². The molecular weight excluding hydrogens is 216 g/mol. The second-order valence-electron chi connectivity index (χ2n) is 5.24. The summed E-state index contributed by atoms with van der Waals surface area (Å²) in [5, 5.41) is 6.45. The van der Waals surface area contributed by atoms with Gasteiger partial charge in [0.05, 0.1) is 5.54 Å². The van der Waals surface area contributed by atoms with E-state index in [4.69, 9.17) is 4.74 Å². The lowest BCUT2D eigenvalue weighted by Crippen LogP contribution is -2.53. The third-order valence-corrected chi connectivity index (χ3v) is 4.14. The second-order valence-corrected chi connectivity index (χ2v) is 5.24. The van der Waals surface area contributed by atoms with E-state index in [-0.39, 0.29) is 11.4 Å². The molecule has 4 nitrogen and oxygen atoms in total. The lowest BCUT2D eigenvalue weighted by atomic mass is 9.93. The Hall–Kier alpha value is -0.610. The number of hydrogen-bond acceptors (Lipinski definition) is 3. The first-order valence-electron chi connectivity index (χ1n) is 6.88. The van der Waals surface area contributed by atoms with Crippen LogP contribution in [0.3, 0.4) is 0 Å². The van der Waals surface area contributed by atoms with Crippen LogP contribution in [-0.2, 0) is 9.53 Å². The second kappa shape index (κ2) is 5.83. The molecule has 2 atom stereocenters. The highest BCUT2D eigenvalue weighted by Crippen LogP contribution is 2.23. The van der Waals surface area contributed by atoms with Gasteiger partial charge in [-0.05, 0) is 44.6 Å². The van der Waals surface area contributed by atoms with Gasteiger partial charge in [-0.2, -0.15) is 0 Å². The summed E-state index contributed by atoms with van der Waals surface area (Å²) < 4.78 is 5.33. The van der Waals surface area contributed by atoms with E-state index in [1.54, 1.807) is 0 Å². The molecule has 4 heteroatoms. The Labute approximate surface area is 103 Å². The number of amides is 1. The van der Waals surface area contributed by atoms with Gasteiger partial charge >= 0.3 is 0 Å². The maximum atomic E-state index is 12.2. The molecule has 2 unspecified atom stereocenters. The first-order valence-corrected chi connectivity index (χ1v) is 6.88. The Morgan fingerprint density at radius 2 is 2.47 bits per heavy atom. The Kier molecular flexibility index (Phi) is 4.40. The molecule has 2 aliphatic heterocycles. The van der Waals surface area contributed by atoms with E-state index in [0.29, 0.717) is 5.92 Å². The van der Waals surface area contributed by atoms with E-state index in [0.717, 1.165) is 58.4 Å². The standard InChI is InChI=1S/C13H24N2O2/c1-2-13(6-3-7-15-13)12(16)14-8-4-11-5-9-17-10-11/h11,15H,2-10H2,1H3,(H,14,16). The molecule has 2 N–H and O–H groups in total. The summed E-state index contributed by atoms with van der Waals surface area (Å²) >= 11 is 0. The number of rotatable bonds is 5. The first-order chi connectivity index (χ1) is 8.27. The first kappa shape index (κ1) is 12.8. The Balaban J connectivity index is 1.72. The minimum atomic E-state index is -0.286. The molecule has 2 saturated heterocycles. The van der Waals surface area contributed by atoms with E-state index in [2.05, 4.69) is 17.6 Å². The third-order valence-electron chi connectivity index (χ3n) is 4.14. The van der Waals surface area contributed by atoms with Crippen molar-refractivity contribution in [2.45, 2.75) is 44.6 Å². The lowest BCUT2D eigenvalue weighted by molar-refractivity contribution is -0.127. The van der Waals surface area contributed by atoms with Crippen LogP contribution in [0.15, 0.2) is 0 Å². The van der Waals surface area contributed by atoms with Gasteiger partial charge < -0.3 is 15.4 Å². The number of nitrogens with one attached hydrogen (secondary N) is 2. The van der Waals surface area contributed by atoms with Crippen molar-refractivity contribution in [3.8, 4) is 0 Å². The molecule has 0 spiro atoms. The van der Waals surface area contributed by atoms with Gasteiger partial charge in [0.15, 0.2) is 0 Å². The molecule has 0 aliphatic carbocycles. The maximum absolute atomic E-state index is 12.2. The maximum Gasteiger partial charge on any atom is 0.240 e. The van der Waals surface area contributed by atoms with Crippen molar-refractivity contribution in [1.82, 2.24) is 10.6 Å². The highest BCUT2D eigenvalue weighted by molar-refractivity contribution is 5.86. The third kappa shape index (κ3) is 2.99. The Bertz CT molecular complexity index is 256. The topological polar surface area (TPSA) is 50.4 Å². The fraction of sp³-hybridized carbons (Fsp3) is 0.923. The minimum absolute atomic E-state index is 0.191. The van der Waals surface area contributed by atoms with Gasteiger partial charge in [-0.15, -0.1) is 0 Å². The van der Waals surface area contributed by atoms with Crippen LogP contribution in [0.5, 0.6) is 0 Å². The highest BCUT2D eigenvalue weighted by atomic mass is 16.5. The molecule has 1 amide bonds. The van der Waals surface area contributed by atoms with Crippen molar-refractivity contribution in [2.24, 2.45) is 5.92 Å². The van der Waals surface area contributed by atoms with E-state index in [1.807, 2.05) is 0 Å². The summed E-state index contributed by atoms with van der Waals surface area (Å²) in [5.41, 5.74) is -0.286. The average Bonchev–Trinajstić information content (AvgIpc) is 3.00. The van der Waals surface area contributed by atoms with Crippen molar-refractivity contribution in [2.75, 3.05) is 26.3 Å². The van der Waals surface area contributed by atoms with E-state index >= 15 is 0 Å². The number of carbonyl (C=O) groups excluding carboxylic acids is 1. The average molecular weight is 240 g/mol. The normalized spacial score (nSPS) is 32.9. The van der Waals surface area contributed by atoms with E-state index < -0.39 is 0 Å². The zero-order valence-corrected chi connectivity index (χ0v) is 10.8. The predicted molar refractivity (Wildman–Crippen MR) is 66.8 cm³/mol. The SMILES string of the molecule is CCC1(C(=O)NCCC2CCOC2)CCCN1. The van der Waals surface area contributed by atoms with Crippen LogP contribution in [0.2, 0.25) is 0 Å². The molecule has 0 aromatic heterocycles. The lowest BCUT2D eigenvalue weighted by Gasteiger charge is -2.26. The van der Waals surface area contributed by atoms with Crippen LogP contribution in [0.4, 0.5) is 0 Å². The van der Waals surface area contributed by atoms with Crippen LogP contribution in [0, 0.1) is 5.92 Å². The molecule has 0 radical (unpaired) electrons. The van der Waals surface area contributed by atoms with Gasteiger partial charge in [0.2, 0.25) is 5.91 Å². The molecule has 0 aromatic carbocycles. The number of hydrogen-bond donors (Lipinski definition) is 2. The Morgan fingerprint density at radius 3 is 3.06 bits per heavy atom. The fourth-order valence-corrected chi connectivity index (χ4v) is 2.83. The molecule has 2 aliphatic rings. The van der Waals surface area contributed by atoms with Gasteiger partial charge in [0, 0.05) is 19.8 Å². The van der Waals surface area contributed by atoms with Crippen LogP contribution >= 0.6 is 0 Å². The van der Waals surface area contributed by atoms with Crippen LogP contribution in [0.25, 0.3) is 0 Å². The van der Waals surface area contributed by atoms with Gasteiger partial charge in [-0.1, -0.05) is 6.92 Å². The molecule has 0 aromatic rings. The zero-order chi connectivity index (χ0) is 12.1. The van der Waals surface area contributed by atoms with Crippen molar-refractivity contribution in [3.63, 3.8) is 0 Å². The summed E-state index contributed by atoms with van der Waals surface area (Å²) in [4.78, 5) is 12.2. The largest absolute Gasteiger partial charge is 0.381 e. The van der Waals surface area contributed by atoms with Crippen LogP contribution < -0.4 is 10.6 Å². The molecule has 2 fully saturated rings. The van der Waals surface area contributed by atoms with Gasteiger partial charge in [-0.3, -0.25) is 4.79 Å².